The molecule has 0 aliphatic heterocycles. The Morgan fingerprint density at radius 2 is 1.53 bits per heavy atom. The molecule has 2 aromatic carbocycles. The van der Waals surface area contributed by atoms with Crippen LogP contribution in [-0.4, -0.2) is 52.4 Å². The largest absolute Gasteiger partial charge is 0.500 e. The van der Waals surface area contributed by atoms with Crippen LogP contribution in [0.1, 0.15) is 92.5 Å². The van der Waals surface area contributed by atoms with Gasteiger partial charge in [0, 0.05) is 43.8 Å². The van der Waals surface area contributed by atoms with Gasteiger partial charge in [0.05, 0.1) is 22.9 Å². The van der Waals surface area contributed by atoms with Gasteiger partial charge in [0.2, 0.25) is 5.78 Å². The zero-order valence-electron chi connectivity index (χ0n) is 26.0. The molecule has 10 heteroatoms. The Morgan fingerprint density at radius 3 is 2.14 bits per heavy atom. The number of nitrogens with one attached hydrogen (secondary N) is 1. The summed E-state index contributed by atoms with van der Waals surface area (Å²) in [5.74, 6) is -2.30. The molecular weight excluding hydrogens is 560 g/mol. The predicted octanol–water partition coefficient (Wildman–Crippen LogP) is 6.92. The van der Waals surface area contributed by atoms with Crippen LogP contribution < -0.4 is 11.1 Å². The van der Waals surface area contributed by atoms with Crippen LogP contribution in [0.2, 0.25) is 6.04 Å². The summed E-state index contributed by atoms with van der Waals surface area (Å²) in [6.45, 7) is 9.48. The number of fused-ring (bicyclic) bond motifs is 1. The highest BCUT2D eigenvalue weighted by atomic mass is 28.4. The van der Waals surface area contributed by atoms with Crippen LogP contribution in [0.15, 0.2) is 41.4 Å². The van der Waals surface area contributed by atoms with Crippen molar-refractivity contribution >= 4 is 43.1 Å². The number of nitrogens with two attached hydrogens (primary N) is 1. The van der Waals surface area contributed by atoms with E-state index in [1.165, 1.54) is 31.2 Å². The lowest BCUT2D eigenvalue weighted by molar-refractivity contribution is 0.0709. The van der Waals surface area contributed by atoms with Crippen molar-refractivity contribution in [2.75, 3.05) is 37.4 Å². The quantitative estimate of drug-likeness (QED) is 0.106. The second-order valence-corrected chi connectivity index (χ2v) is 13.3. The number of ketones is 2. The summed E-state index contributed by atoms with van der Waals surface area (Å²) in [6, 6.07) is 13.9. The number of nitriles is 1. The second kappa shape index (κ2) is 17.1. The van der Waals surface area contributed by atoms with Gasteiger partial charge in [-0.15, -0.1) is 0 Å². The van der Waals surface area contributed by atoms with Gasteiger partial charge in [0.15, 0.2) is 11.7 Å². The summed E-state index contributed by atoms with van der Waals surface area (Å²) in [6.07, 6.45) is 7.68. The number of benzene rings is 2. The topological polar surface area (TPSA) is 136 Å². The zero-order valence-corrected chi connectivity index (χ0v) is 27.0. The molecule has 0 radical (unpaired) electrons. The van der Waals surface area contributed by atoms with E-state index in [4.69, 9.17) is 19.0 Å². The van der Waals surface area contributed by atoms with Gasteiger partial charge in [0.1, 0.15) is 5.71 Å². The summed E-state index contributed by atoms with van der Waals surface area (Å²) in [5.41, 5.74) is 8.99. The molecule has 43 heavy (non-hydrogen) atoms. The first-order valence-electron chi connectivity index (χ1n) is 15.6. The molecule has 232 valence electrons. The average molecular weight is 607 g/mol. The molecule has 3 rings (SSSR count). The molecule has 0 bridgehead atoms. The van der Waals surface area contributed by atoms with Crippen molar-refractivity contribution in [2.45, 2.75) is 78.7 Å². The number of nitrogens with zero attached hydrogens (tertiary/aromatic N) is 2. The fraction of sp³-hybridized carbons (Fsp3) is 0.515. The molecule has 3 N–H and O–H groups in total. The maximum absolute atomic E-state index is 13.8. The molecule has 0 aromatic heterocycles. The van der Waals surface area contributed by atoms with E-state index >= 15 is 0 Å². The molecule has 0 fully saturated rings. The molecular formula is C33H46N4O5Si. The van der Waals surface area contributed by atoms with E-state index < -0.39 is 26.3 Å². The van der Waals surface area contributed by atoms with Crippen molar-refractivity contribution in [2.24, 2.45) is 10.9 Å². The van der Waals surface area contributed by atoms with Crippen molar-refractivity contribution < 1.29 is 22.9 Å². The number of nitrogen functional groups attached to an aromatic ring is 1. The molecule has 1 unspecified atom stereocenters. The molecule has 9 nitrogen and oxygen atoms in total. The number of aryl methyl sites for hydroxylation is 1. The smallest absolute Gasteiger partial charge is 0.398 e. The third-order valence-corrected chi connectivity index (χ3v) is 10.6. The summed E-state index contributed by atoms with van der Waals surface area (Å²) in [5, 5.41) is 13.2. The molecule has 0 heterocycles. The highest BCUT2D eigenvalue weighted by Crippen LogP contribution is 2.35. The minimum absolute atomic E-state index is 0.0661. The monoisotopic (exact) mass is 606 g/mol. The minimum atomic E-state index is -2.89. The van der Waals surface area contributed by atoms with Crippen LogP contribution in [0.4, 0.5) is 17.1 Å². The Labute approximate surface area is 257 Å². The number of rotatable bonds is 18. The van der Waals surface area contributed by atoms with E-state index in [0.29, 0.717) is 38.0 Å². The van der Waals surface area contributed by atoms with Crippen LogP contribution in [0.25, 0.3) is 0 Å². The highest BCUT2D eigenvalue weighted by molar-refractivity contribution is 6.60. The molecule has 2 aromatic rings. The third kappa shape index (κ3) is 8.83. The fourth-order valence-corrected chi connectivity index (χ4v) is 7.97. The van der Waals surface area contributed by atoms with Gasteiger partial charge < -0.3 is 24.3 Å². The first-order valence-corrected chi connectivity index (χ1v) is 17.5. The first kappa shape index (κ1) is 34.1. The molecule has 0 saturated heterocycles. The van der Waals surface area contributed by atoms with Crippen LogP contribution in [0.5, 0.6) is 0 Å². The van der Waals surface area contributed by atoms with E-state index in [9.17, 15) is 14.9 Å². The van der Waals surface area contributed by atoms with Gasteiger partial charge in [-0.1, -0.05) is 44.7 Å². The first-order chi connectivity index (χ1) is 20.8. The van der Waals surface area contributed by atoms with Gasteiger partial charge in [-0.05, 0) is 69.9 Å². The number of hydrogen-bond acceptors (Lipinski definition) is 9. The lowest BCUT2D eigenvalue weighted by Gasteiger charge is -2.28. The maximum Gasteiger partial charge on any atom is 0.500 e. The van der Waals surface area contributed by atoms with Gasteiger partial charge in [-0.3, -0.25) is 14.6 Å². The molecule has 1 aliphatic carbocycles. The molecule has 0 amide bonds. The number of hydrogen-bond donors (Lipinski definition) is 2. The van der Waals surface area contributed by atoms with Crippen molar-refractivity contribution in [3.05, 3.63) is 53.1 Å². The average Bonchev–Trinajstić information content (AvgIpc) is 2.99. The number of carbonyl (C=O) groups is 2. The predicted molar refractivity (Wildman–Crippen MR) is 173 cm³/mol. The van der Waals surface area contributed by atoms with E-state index in [1.807, 2.05) is 39.0 Å². The molecule has 1 aliphatic rings. The van der Waals surface area contributed by atoms with E-state index in [-0.39, 0.29) is 29.1 Å². The van der Waals surface area contributed by atoms with Crippen molar-refractivity contribution in [3.8, 4) is 6.07 Å². The Balaban J connectivity index is 1.81. The Hall–Kier alpha value is -3.36. The Bertz CT molecular complexity index is 1290. The fourth-order valence-electron chi connectivity index (χ4n) is 5.37. The van der Waals surface area contributed by atoms with Crippen LogP contribution in [0.3, 0.4) is 0 Å². The van der Waals surface area contributed by atoms with Crippen molar-refractivity contribution in [1.82, 2.24) is 0 Å². The van der Waals surface area contributed by atoms with Crippen molar-refractivity contribution in [3.63, 3.8) is 0 Å². The highest BCUT2D eigenvalue weighted by Gasteiger charge is 2.42. The van der Waals surface area contributed by atoms with E-state index in [2.05, 4.69) is 29.4 Å². The minimum Gasteiger partial charge on any atom is -0.398 e. The second-order valence-electron chi connectivity index (χ2n) is 10.5. The van der Waals surface area contributed by atoms with Gasteiger partial charge in [-0.25, -0.2) is 0 Å². The van der Waals surface area contributed by atoms with E-state index in [0.717, 1.165) is 18.5 Å². The van der Waals surface area contributed by atoms with Gasteiger partial charge in [0.25, 0.3) is 0 Å². The molecule has 1 atom stereocenters. The molecule has 0 spiro atoms. The summed E-state index contributed by atoms with van der Waals surface area (Å²) < 4.78 is 17.7. The lowest BCUT2D eigenvalue weighted by atomic mass is 9.79. The van der Waals surface area contributed by atoms with Gasteiger partial charge >= 0.3 is 8.80 Å². The third-order valence-electron chi connectivity index (χ3n) is 7.43. The summed E-state index contributed by atoms with van der Waals surface area (Å²) in [7, 11) is -2.89. The van der Waals surface area contributed by atoms with Crippen LogP contribution in [-0.2, 0) is 19.7 Å². The molecule has 0 saturated carbocycles. The summed E-state index contributed by atoms with van der Waals surface area (Å²) >= 11 is 0. The maximum atomic E-state index is 13.8. The Kier molecular flexibility index (Phi) is 13.5. The standard InChI is InChI=1S/C33H46N4O5Si/c1-5-9-10-11-12-14-24-15-17-25(18-16-24)37-28-20-19-27(35)29-30(28)33(39)31(26(23-34)32(29)38)36-21-13-22-43(40-6-2,41-7-3)42-8-4/h15-20,26,37H,5-14,21-22,35H2,1-4H3. The van der Waals surface area contributed by atoms with Crippen LogP contribution >= 0.6 is 0 Å². The van der Waals surface area contributed by atoms with Crippen LogP contribution in [0, 0.1) is 17.2 Å². The number of carbonyl (C=O) groups excluding carboxylic acids is 2. The number of unbranched alkanes of at least 4 members (excludes halogenated alkanes) is 4. The normalized spacial score (nSPS) is 15.9. The van der Waals surface area contributed by atoms with E-state index in [1.54, 1.807) is 12.1 Å². The zero-order chi connectivity index (χ0) is 31.2. The summed E-state index contributed by atoms with van der Waals surface area (Å²) in [4.78, 5) is 31.8. The number of anilines is 3. The van der Waals surface area contributed by atoms with Crippen molar-refractivity contribution in [1.29, 1.82) is 5.26 Å². The Morgan fingerprint density at radius 1 is 0.884 bits per heavy atom. The lowest BCUT2D eigenvalue weighted by Crippen LogP contribution is -2.46. The van der Waals surface area contributed by atoms with Gasteiger partial charge in [-0.2, -0.15) is 5.26 Å². The SMILES string of the molecule is CCCCCCCc1ccc(Nc2ccc(N)c3c2C(=O)C(=NCCC[Si](OCC)(OCC)OCC)C(C#N)C3=O)cc1. The number of Topliss-reactive ketones (excluding diaryl/α,β-unsaturated/α-hetero) is 2. The number of aliphatic imine (C=N–C) groups is 1.